The van der Waals surface area contributed by atoms with Gasteiger partial charge in [-0.3, -0.25) is 0 Å². The van der Waals surface area contributed by atoms with Crippen molar-refractivity contribution in [2.75, 3.05) is 13.7 Å². The molecular weight excluding hydrogens is 152 g/mol. The lowest BCUT2D eigenvalue weighted by atomic mass is 10.1. The average Bonchev–Trinajstić information content (AvgIpc) is 2.15. The molecule has 0 amide bonds. The smallest absolute Gasteiger partial charge is 0.118 e. The molecule has 2 nitrogen and oxygen atoms in total. The van der Waals surface area contributed by atoms with Gasteiger partial charge in [0, 0.05) is 6.61 Å². The minimum atomic E-state index is 0.131. The number of benzene rings is 1. The Morgan fingerprint density at radius 1 is 1.33 bits per heavy atom. The van der Waals surface area contributed by atoms with Gasteiger partial charge in [-0.15, -0.1) is 0 Å². The van der Waals surface area contributed by atoms with Crippen molar-refractivity contribution < 1.29 is 9.84 Å². The number of aliphatic hydroxyl groups is 1. The van der Waals surface area contributed by atoms with Gasteiger partial charge in [0.2, 0.25) is 0 Å². The summed E-state index contributed by atoms with van der Waals surface area (Å²) < 4.78 is 5.01. The van der Waals surface area contributed by atoms with Crippen LogP contribution in [0.5, 0.6) is 5.75 Å². The van der Waals surface area contributed by atoms with Gasteiger partial charge < -0.3 is 9.84 Å². The summed E-state index contributed by atoms with van der Waals surface area (Å²) in [5, 5.41) is 8.55. The highest BCUT2D eigenvalue weighted by molar-refractivity contribution is 5.27. The van der Waals surface area contributed by atoms with Gasteiger partial charge >= 0.3 is 0 Å². The second-order valence-electron chi connectivity index (χ2n) is 2.52. The summed E-state index contributed by atoms with van der Waals surface area (Å²) in [7, 11) is 1.65. The number of hydrogen-bond acceptors (Lipinski definition) is 2. The Morgan fingerprint density at radius 3 is 2.50 bits per heavy atom. The molecule has 0 aliphatic rings. The van der Waals surface area contributed by atoms with Crippen LogP contribution in [0.4, 0.5) is 0 Å². The van der Waals surface area contributed by atoms with E-state index in [-0.39, 0.29) is 6.61 Å². The molecule has 1 aromatic carbocycles. The van der Waals surface area contributed by atoms with Crippen molar-refractivity contribution in [2.24, 2.45) is 0 Å². The minimum absolute atomic E-state index is 0.131. The Bertz CT molecular complexity index is 216. The average molecular weight is 165 g/mol. The van der Waals surface area contributed by atoms with Crippen LogP contribution in [0.3, 0.4) is 0 Å². The molecule has 0 saturated carbocycles. The highest BCUT2D eigenvalue weighted by Gasteiger charge is 1.93. The van der Waals surface area contributed by atoms with Crippen molar-refractivity contribution in [1.29, 1.82) is 0 Å². The lowest BCUT2D eigenvalue weighted by molar-refractivity contribution is 0.325. The van der Waals surface area contributed by atoms with Crippen LogP contribution in [0.2, 0.25) is 0 Å². The second-order valence-corrected chi connectivity index (χ2v) is 2.52. The number of ether oxygens (including phenoxy) is 1. The first kappa shape index (κ1) is 9.07. The van der Waals surface area contributed by atoms with Crippen LogP contribution in [0.25, 0.3) is 0 Å². The molecular formula is C10H13O2. The predicted octanol–water partition coefficient (Wildman–Crippen LogP) is 1.43. The van der Waals surface area contributed by atoms with Crippen LogP contribution in [-0.2, 0) is 6.42 Å². The van der Waals surface area contributed by atoms with Crippen LogP contribution >= 0.6 is 0 Å². The fourth-order valence-electron chi connectivity index (χ4n) is 0.993. The van der Waals surface area contributed by atoms with Gasteiger partial charge in [0.1, 0.15) is 5.75 Å². The van der Waals surface area contributed by atoms with Crippen molar-refractivity contribution in [2.45, 2.75) is 6.42 Å². The molecule has 0 bridgehead atoms. The number of methoxy groups -OCH3 is 1. The van der Waals surface area contributed by atoms with E-state index in [0.29, 0.717) is 0 Å². The highest BCUT2D eigenvalue weighted by atomic mass is 16.5. The van der Waals surface area contributed by atoms with E-state index in [9.17, 15) is 0 Å². The molecule has 0 unspecified atom stereocenters. The van der Waals surface area contributed by atoms with Crippen LogP contribution < -0.4 is 4.74 Å². The molecule has 0 spiro atoms. The number of aliphatic hydroxyl groups excluding tert-OH is 1. The monoisotopic (exact) mass is 165 g/mol. The van der Waals surface area contributed by atoms with E-state index < -0.39 is 0 Å². The van der Waals surface area contributed by atoms with Crippen LogP contribution in [0, 0.1) is 6.42 Å². The molecule has 0 heterocycles. The van der Waals surface area contributed by atoms with E-state index >= 15 is 0 Å². The Labute approximate surface area is 72.8 Å². The summed E-state index contributed by atoms with van der Waals surface area (Å²) in [6.45, 7) is 0.131. The Morgan fingerprint density at radius 2 is 2.00 bits per heavy atom. The van der Waals surface area contributed by atoms with Crippen LogP contribution in [0.1, 0.15) is 5.56 Å². The fraction of sp³-hybridized carbons (Fsp3) is 0.300. The normalized spacial score (nSPS) is 9.83. The highest BCUT2D eigenvalue weighted by Crippen LogP contribution is 2.11. The molecule has 0 aliphatic carbocycles. The van der Waals surface area contributed by atoms with E-state index in [1.165, 1.54) is 5.56 Å². The summed E-state index contributed by atoms with van der Waals surface area (Å²) >= 11 is 0. The van der Waals surface area contributed by atoms with E-state index in [0.717, 1.165) is 12.2 Å². The lowest BCUT2D eigenvalue weighted by Gasteiger charge is -2.01. The third-order valence-corrected chi connectivity index (χ3v) is 1.67. The van der Waals surface area contributed by atoms with E-state index in [4.69, 9.17) is 9.84 Å². The summed E-state index contributed by atoms with van der Waals surface area (Å²) in [4.78, 5) is 0. The van der Waals surface area contributed by atoms with E-state index in [1.54, 1.807) is 7.11 Å². The first-order valence-corrected chi connectivity index (χ1v) is 3.92. The first-order chi connectivity index (χ1) is 5.86. The Hall–Kier alpha value is -1.02. The number of hydrogen-bond donors (Lipinski definition) is 1. The Kier molecular flexibility index (Phi) is 3.61. The third kappa shape index (κ3) is 2.55. The van der Waals surface area contributed by atoms with Gasteiger partial charge in [-0.2, -0.15) is 0 Å². The molecule has 1 N–H and O–H groups in total. The summed E-state index contributed by atoms with van der Waals surface area (Å²) in [6.07, 6.45) is 2.63. The zero-order valence-corrected chi connectivity index (χ0v) is 7.16. The molecule has 0 fully saturated rings. The molecule has 0 atom stereocenters. The summed E-state index contributed by atoms with van der Waals surface area (Å²) in [5.41, 5.74) is 1.19. The van der Waals surface area contributed by atoms with Gasteiger partial charge in [0.15, 0.2) is 0 Å². The molecule has 1 rings (SSSR count). The standard InChI is InChI=1S/C10H13O2/c1-12-10-6-4-9(5-7-10)3-2-8-11/h2,4-7,11H,3,8H2,1H3. The Balaban J connectivity index is 2.53. The first-order valence-electron chi connectivity index (χ1n) is 3.92. The molecule has 1 radical (unpaired) electrons. The number of rotatable bonds is 4. The van der Waals surface area contributed by atoms with Crippen molar-refractivity contribution in [3.05, 3.63) is 36.2 Å². The van der Waals surface area contributed by atoms with Crippen LogP contribution in [0.15, 0.2) is 24.3 Å². The zero-order valence-electron chi connectivity index (χ0n) is 7.16. The molecule has 12 heavy (non-hydrogen) atoms. The fourth-order valence-corrected chi connectivity index (χ4v) is 0.993. The van der Waals surface area contributed by atoms with E-state index in [1.807, 2.05) is 30.7 Å². The quantitative estimate of drug-likeness (QED) is 0.731. The second kappa shape index (κ2) is 4.78. The third-order valence-electron chi connectivity index (χ3n) is 1.67. The molecule has 0 aliphatic heterocycles. The van der Waals surface area contributed by atoms with Gasteiger partial charge in [-0.1, -0.05) is 12.1 Å². The zero-order chi connectivity index (χ0) is 8.81. The van der Waals surface area contributed by atoms with Gasteiger partial charge in [0.05, 0.1) is 7.11 Å². The lowest BCUT2D eigenvalue weighted by Crippen LogP contribution is -1.90. The molecule has 1 aromatic rings. The van der Waals surface area contributed by atoms with Gasteiger partial charge in [0.25, 0.3) is 0 Å². The van der Waals surface area contributed by atoms with Crippen molar-refractivity contribution in [3.8, 4) is 5.75 Å². The van der Waals surface area contributed by atoms with E-state index in [2.05, 4.69) is 0 Å². The maximum Gasteiger partial charge on any atom is 0.118 e. The maximum absolute atomic E-state index is 8.55. The molecule has 0 saturated heterocycles. The molecule has 65 valence electrons. The SMILES string of the molecule is COc1ccc(C[CH]CO)cc1. The molecule has 2 heteroatoms. The molecule has 0 aromatic heterocycles. The van der Waals surface area contributed by atoms with Gasteiger partial charge in [-0.25, -0.2) is 0 Å². The van der Waals surface area contributed by atoms with Crippen LogP contribution in [-0.4, -0.2) is 18.8 Å². The largest absolute Gasteiger partial charge is 0.497 e. The van der Waals surface area contributed by atoms with Gasteiger partial charge in [-0.05, 0) is 30.5 Å². The van der Waals surface area contributed by atoms with Crippen molar-refractivity contribution in [3.63, 3.8) is 0 Å². The summed E-state index contributed by atoms with van der Waals surface area (Å²) in [5.74, 6) is 0.864. The van der Waals surface area contributed by atoms with Crippen molar-refractivity contribution >= 4 is 0 Å². The minimum Gasteiger partial charge on any atom is -0.497 e. The predicted molar refractivity (Wildman–Crippen MR) is 48.1 cm³/mol. The topological polar surface area (TPSA) is 29.5 Å². The summed E-state index contributed by atoms with van der Waals surface area (Å²) in [6, 6.07) is 7.82. The van der Waals surface area contributed by atoms with Crippen molar-refractivity contribution in [1.82, 2.24) is 0 Å². The maximum atomic E-state index is 8.55.